The second-order valence-electron chi connectivity index (χ2n) is 5.10. The summed E-state index contributed by atoms with van der Waals surface area (Å²) in [5, 5.41) is 11.9. The first-order chi connectivity index (χ1) is 10.4. The van der Waals surface area contributed by atoms with Crippen molar-refractivity contribution < 1.29 is 9.53 Å². The number of nitrogens with one attached hydrogen (secondary N) is 1. The Kier molecular flexibility index (Phi) is 5.20. The van der Waals surface area contributed by atoms with Crippen molar-refractivity contribution in [3.63, 3.8) is 0 Å². The number of hydrogen-bond donors (Lipinski definition) is 1. The fraction of sp³-hybridized carbons (Fsp3) is 0.500. The highest BCUT2D eigenvalue weighted by molar-refractivity contribution is 6.31. The van der Waals surface area contributed by atoms with E-state index in [4.69, 9.17) is 16.3 Å². The van der Waals surface area contributed by atoms with Crippen LogP contribution < -0.4 is 5.32 Å². The second kappa shape index (κ2) is 6.93. The van der Waals surface area contributed by atoms with Crippen LogP contribution in [0.3, 0.4) is 0 Å². The average molecular weight is 326 g/mol. The molecule has 0 spiro atoms. The third-order valence-electron chi connectivity index (χ3n) is 3.47. The minimum atomic E-state index is -0.266. The molecule has 2 heterocycles. The van der Waals surface area contributed by atoms with E-state index in [1.54, 1.807) is 22.7 Å². The Hall–Kier alpha value is -1.86. The van der Waals surface area contributed by atoms with Gasteiger partial charge in [-0.3, -0.25) is 14.2 Å². The molecule has 0 aliphatic heterocycles. The first kappa shape index (κ1) is 16.5. The summed E-state index contributed by atoms with van der Waals surface area (Å²) in [7, 11) is 3.42. The smallest absolute Gasteiger partial charge is 0.242 e. The van der Waals surface area contributed by atoms with Crippen molar-refractivity contribution in [3.8, 4) is 0 Å². The summed E-state index contributed by atoms with van der Waals surface area (Å²) < 4.78 is 8.49. The SMILES string of the molecule is COC[C@@H](NC(=O)Cn1nc(C)c(Cl)c1C)c1ccnn1C. The summed E-state index contributed by atoms with van der Waals surface area (Å²) in [6.07, 6.45) is 1.69. The first-order valence-electron chi connectivity index (χ1n) is 6.89. The predicted octanol–water partition coefficient (Wildman–Crippen LogP) is 1.39. The van der Waals surface area contributed by atoms with Crippen molar-refractivity contribution in [2.45, 2.75) is 26.4 Å². The van der Waals surface area contributed by atoms with Gasteiger partial charge in [0.05, 0.1) is 34.8 Å². The number of carbonyl (C=O) groups is 1. The van der Waals surface area contributed by atoms with Gasteiger partial charge in [-0.05, 0) is 19.9 Å². The van der Waals surface area contributed by atoms with Crippen LogP contribution in [0, 0.1) is 13.8 Å². The van der Waals surface area contributed by atoms with Crippen molar-refractivity contribution in [1.29, 1.82) is 0 Å². The van der Waals surface area contributed by atoms with E-state index < -0.39 is 0 Å². The van der Waals surface area contributed by atoms with Crippen LogP contribution in [0.4, 0.5) is 0 Å². The Morgan fingerprint density at radius 1 is 1.50 bits per heavy atom. The van der Waals surface area contributed by atoms with Crippen molar-refractivity contribution >= 4 is 17.5 Å². The topological polar surface area (TPSA) is 74.0 Å². The minimum absolute atomic E-state index is 0.109. The summed E-state index contributed by atoms with van der Waals surface area (Å²) in [5.74, 6) is -0.162. The fourth-order valence-electron chi connectivity index (χ4n) is 2.30. The van der Waals surface area contributed by atoms with Gasteiger partial charge in [0.15, 0.2) is 0 Å². The molecule has 0 radical (unpaired) electrons. The maximum absolute atomic E-state index is 12.3. The van der Waals surface area contributed by atoms with Crippen LogP contribution in [0.5, 0.6) is 0 Å². The Bertz CT molecular complexity index is 664. The zero-order chi connectivity index (χ0) is 16.3. The molecule has 2 rings (SSSR count). The van der Waals surface area contributed by atoms with Gasteiger partial charge < -0.3 is 10.1 Å². The number of amides is 1. The van der Waals surface area contributed by atoms with E-state index in [9.17, 15) is 4.79 Å². The number of aryl methyl sites for hydroxylation is 2. The van der Waals surface area contributed by atoms with Gasteiger partial charge >= 0.3 is 0 Å². The van der Waals surface area contributed by atoms with Crippen molar-refractivity contribution in [2.24, 2.45) is 7.05 Å². The highest BCUT2D eigenvalue weighted by atomic mass is 35.5. The monoisotopic (exact) mass is 325 g/mol. The van der Waals surface area contributed by atoms with Gasteiger partial charge in [-0.2, -0.15) is 10.2 Å². The molecule has 7 nitrogen and oxygen atoms in total. The zero-order valence-electron chi connectivity index (χ0n) is 13.1. The summed E-state index contributed by atoms with van der Waals surface area (Å²) in [5.41, 5.74) is 2.37. The molecule has 8 heteroatoms. The standard InChI is InChI=1S/C14H20ClN5O2/c1-9-14(15)10(2)20(18-9)7-13(21)17-11(8-22-4)12-5-6-16-19(12)3/h5-6,11H,7-8H2,1-4H3,(H,17,21)/t11-/m1/s1. The number of aromatic nitrogens is 4. The number of carbonyl (C=O) groups excluding carboxylic acids is 1. The largest absolute Gasteiger partial charge is 0.382 e. The minimum Gasteiger partial charge on any atom is -0.382 e. The highest BCUT2D eigenvalue weighted by Gasteiger charge is 2.19. The lowest BCUT2D eigenvalue weighted by atomic mass is 10.2. The van der Waals surface area contributed by atoms with Crippen LogP contribution >= 0.6 is 11.6 Å². The van der Waals surface area contributed by atoms with E-state index in [1.165, 1.54) is 0 Å². The number of halogens is 1. The molecule has 0 saturated heterocycles. The van der Waals surface area contributed by atoms with E-state index in [0.29, 0.717) is 17.3 Å². The molecule has 0 aromatic carbocycles. The molecule has 1 atom stereocenters. The zero-order valence-corrected chi connectivity index (χ0v) is 13.9. The Labute approximate surface area is 134 Å². The molecule has 0 aliphatic rings. The number of ether oxygens (including phenoxy) is 1. The van der Waals surface area contributed by atoms with Crippen molar-refractivity contribution in [2.75, 3.05) is 13.7 Å². The molecule has 1 amide bonds. The molecule has 0 fully saturated rings. The van der Waals surface area contributed by atoms with Gasteiger partial charge in [0, 0.05) is 20.4 Å². The van der Waals surface area contributed by atoms with Crippen LogP contribution in [-0.4, -0.2) is 39.2 Å². The van der Waals surface area contributed by atoms with Gasteiger partial charge in [0.1, 0.15) is 6.54 Å². The molecule has 0 bridgehead atoms. The van der Waals surface area contributed by atoms with E-state index in [2.05, 4.69) is 15.5 Å². The third kappa shape index (κ3) is 3.48. The number of rotatable bonds is 6. The summed E-state index contributed by atoms with van der Waals surface area (Å²) >= 11 is 6.09. The molecule has 0 saturated carbocycles. The van der Waals surface area contributed by atoms with Gasteiger partial charge in [-0.25, -0.2) is 0 Å². The van der Waals surface area contributed by atoms with E-state index in [1.807, 2.05) is 27.0 Å². The van der Waals surface area contributed by atoms with Crippen LogP contribution in [0.25, 0.3) is 0 Å². The van der Waals surface area contributed by atoms with Gasteiger partial charge in [-0.15, -0.1) is 0 Å². The van der Waals surface area contributed by atoms with Crippen LogP contribution in [-0.2, 0) is 23.1 Å². The molecular formula is C14H20ClN5O2. The van der Waals surface area contributed by atoms with Gasteiger partial charge in [0.2, 0.25) is 5.91 Å². The third-order valence-corrected chi connectivity index (χ3v) is 4.02. The molecule has 1 N–H and O–H groups in total. The van der Waals surface area contributed by atoms with E-state index in [-0.39, 0.29) is 18.5 Å². The van der Waals surface area contributed by atoms with E-state index in [0.717, 1.165) is 11.4 Å². The number of hydrogen-bond acceptors (Lipinski definition) is 4. The van der Waals surface area contributed by atoms with Crippen LogP contribution in [0.15, 0.2) is 12.3 Å². The summed E-state index contributed by atoms with van der Waals surface area (Å²) in [6, 6.07) is 1.59. The highest BCUT2D eigenvalue weighted by Crippen LogP contribution is 2.19. The van der Waals surface area contributed by atoms with Crippen LogP contribution in [0.1, 0.15) is 23.1 Å². The quantitative estimate of drug-likeness (QED) is 0.871. The number of nitrogens with zero attached hydrogens (tertiary/aromatic N) is 4. The fourth-order valence-corrected chi connectivity index (χ4v) is 2.43. The molecule has 2 aromatic rings. The predicted molar refractivity (Wildman–Crippen MR) is 82.7 cm³/mol. The maximum atomic E-state index is 12.3. The van der Waals surface area contributed by atoms with E-state index >= 15 is 0 Å². The number of methoxy groups -OCH3 is 1. The molecule has 0 unspecified atom stereocenters. The normalized spacial score (nSPS) is 12.4. The Morgan fingerprint density at radius 3 is 2.73 bits per heavy atom. The summed E-state index contributed by atoms with van der Waals surface area (Å²) in [6.45, 7) is 4.12. The summed E-state index contributed by atoms with van der Waals surface area (Å²) in [4.78, 5) is 12.3. The first-order valence-corrected chi connectivity index (χ1v) is 7.27. The Balaban J connectivity index is 2.08. The van der Waals surface area contributed by atoms with Crippen molar-refractivity contribution in [3.05, 3.63) is 34.4 Å². The lowest BCUT2D eigenvalue weighted by Crippen LogP contribution is -2.35. The molecule has 0 aliphatic carbocycles. The molecular weight excluding hydrogens is 306 g/mol. The Morgan fingerprint density at radius 2 is 2.23 bits per heavy atom. The van der Waals surface area contributed by atoms with Gasteiger partial charge in [0.25, 0.3) is 0 Å². The van der Waals surface area contributed by atoms with Crippen LogP contribution in [0.2, 0.25) is 5.02 Å². The van der Waals surface area contributed by atoms with Gasteiger partial charge in [-0.1, -0.05) is 11.6 Å². The average Bonchev–Trinajstić information content (AvgIpc) is 2.99. The molecule has 2 aromatic heterocycles. The van der Waals surface area contributed by atoms with Crippen molar-refractivity contribution in [1.82, 2.24) is 24.9 Å². The molecule has 120 valence electrons. The lowest BCUT2D eigenvalue weighted by molar-refractivity contribution is -0.123. The lowest BCUT2D eigenvalue weighted by Gasteiger charge is -2.18. The molecule has 22 heavy (non-hydrogen) atoms. The second-order valence-corrected chi connectivity index (χ2v) is 5.48. The maximum Gasteiger partial charge on any atom is 0.242 e.